The Labute approximate surface area is 109 Å². The summed E-state index contributed by atoms with van der Waals surface area (Å²) in [6.07, 6.45) is 1.21. The number of carbonyl (C=O) groups excluding carboxylic acids is 1. The third kappa shape index (κ3) is 3.88. The molecular formula is C16H20O2. The van der Waals surface area contributed by atoms with Gasteiger partial charge >= 0.3 is 0 Å². The van der Waals surface area contributed by atoms with Crippen LogP contribution < -0.4 is 0 Å². The Kier molecular flexibility index (Phi) is 5.92. The van der Waals surface area contributed by atoms with Crippen LogP contribution in [0.25, 0.3) is 10.8 Å². The van der Waals surface area contributed by atoms with Gasteiger partial charge in [-0.15, -0.1) is 0 Å². The second kappa shape index (κ2) is 7.49. The first kappa shape index (κ1) is 14.2. The monoisotopic (exact) mass is 244 g/mol. The van der Waals surface area contributed by atoms with Crippen molar-refractivity contribution in [2.24, 2.45) is 0 Å². The molecule has 2 nitrogen and oxygen atoms in total. The molecule has 0 radical (unpaired) electrons. The first-order valence-corrected chi connectivity index (χ1v) is 6.18. The van der Waals surface area contributed by atoms with E-state index in [2.05, 4.69) is 61.0 Å². The fraction of sp³-hybridized carbons (Fsp3) is 0.312. The SMILES string of the molecule is CCC(C)c1ccc2ccccc2c1.COC=O. The minimum Gasteiger partial charge on any atom is -0.471 e. The molecule has 1 unspecified atom stereocenters. The third-order valence-corrected chi connectivity index (χ3v) is 3.05. The van der Waals surface area contributed by atoms with Crippen LogP contribution in [0, 0.1) is 0 Å². The molecule has 2 rings (SSSR count). The van der Waals surface area contributed by atoms with E-state index in [1.165, 1.54) is 29.9 Å². The van der Waals surface area contributed by atoms with E-state index in [0.29, 0.717) is 12.4 Å². The summed E-state index contributed by atoms with van der Waals surface area (Å²) >= 11 is 0. The molecule has 2 aromatic carbocycles. The molecule has 2 aromatic rings. The highest BCUT2D eigenvalue weighted by Crippen LogP contribution is 2.23. The van der Waals surface area contributed by atoms with Crippen molar-refractivity contribution in [3.05, 3.63) is 48.0 Å². The van der Waals surface area contributed by atoms with Gasteiger partial charge in [-0.3, -0.25) is 4.79 Å². The minimum atomic E-state index is 0.375. The molecule has 0 aliphatic rings. The van der Waals surface area contributed by atoms with Gasteiger partial charge in [-0.1, -0.05) is 56.3 Å². The molecule has 0 N–H and O–H groups in total. The Morgan fingerprint density at radius 2 is 1.78 bits per heavy atom. The average Bonchev–Trinajstić information content (AvgIpc) is 2.46. The van der Waals surface area contributed by atoms with Crippen LogP contribution in [0.2, 0.25) is 0 Å². The highest BCUT2D eigenvalue weighted by molar-refractivity contribution is 5.83. The van der Waals surface area contributed by atoms with Crippen molar-refractivity contribution >= 4 is 17.2 Å². The molecule has 0 saturated carbocycles. The molecule has 0 bridgehead atoms. The lowest BCUT2D eigenvalue weighted by Gasteiger charge is -2.09. The molecule has 0 aliphatic carbocycles. The number of methoxy groups -OCH3 is 1. The molecule has 1 atom stereocenters. The van der Waals surface area contributed by atoms with Gasteiger partial charge in [-0.25, -0.2) is 0 Å². The van der Waals surface area contributed by atoms with E-state index in [1.807, 2.05) is 0 Å². The molecule has 0 heterocycles. The molecule has 18 heavy (non-hydrogen) atoms. The van der Waals surface area contributed by atoms with E-state index in [1.54, 1.807) is 0 Å². The van der Waals surface area contributed by atoms with Gasteiger partial charge in [-0.05, 0) is 28.7 Å². The summed E-state index contributed by atoms with van der Waals surface area (Å²) in [6, 6.07) is 15.3. The van der Waals surface area contributed by atoms with Crippen LogP contribution in [0.1, 0.15) is 31.7 Å². The summed E-state index contributed by atoms with van der Waals surface area (Å²) < 4.78 is 3.86. The molecule has 0 spiro atoms. The molecule has 0 saturated heterocycles. The van der Waals surface area contributed by atoms with Gasteiger partial charge in [0.2, 0.25) is 0 Å². The van der Waals surface area contributed by atoms with Gasteiger partial charge in [0.15, 0.2) is 0 Å². The number of benzene rings is 2. The maximum Gasteiger partial charge on any atom is 0.292 e. The number of carbonyl (C=O) groups is 1. The van der Waals surface area contributed by atoms with E-state index in [9.17, 15) is 0 Å². The second-order valence-corrected chi connectivity index (χ2v) is 4.25. The summed E-state index contributed by atoms with van der Waals surface area (Å²) in [4.78, 5) is 8.95. The number of hydrogen-bond acceptors (Lipinski definition) is 2. The van der Waals surface area contributed by atoms with E-state index in [-0.39, 0.29) is 0 Å². The van der Waals surface area contributed by atoms with Crippen molar-refractivity contribution < 1.29 is 9.53 Å². The highest BCUT2D eigenvalue weighted by Gasteiger charge is 2.02. The summed E-state index contributed by atoms with van der Waals surface area (Å²) in [7, 11) is 1.31. The molecule has 2 heteroatoms. The third-order valence-electron chi connectivity index (χ3n) is 3.05. The maximum absolute atomic E-state index is 8.95. The van der Waals surface area contributed by atoms with Crippen LogP contribution >= 0.6 is 0 Å². The topological polar surface area (TPSA) is 26.3 Å². The van der Waals surface area contributed by atoms with Gasteiger partial charge in [0.25, 0.3) is 6.47 Å². The zero-order valence-corrected chi connectivity index (χ0v) is 11.2. The minimum absolute atomic E-state index is 0.375. The standard InChI is InChI=1S/C14H16.C2H4O2/c1-3-11(2)13-9-8-12-6-4-5-7-14(12)10-13;1-4-2-3/h4-11H,3H2,1-2H3;2H,1H3. The predicted octanol–water partition coefficient (Wildman–Crippen LogP) is 4.14. The van der Waals surface area contributed by atoms with Gasteiger partial charge in [0.1, 0.15) is 0 Å². The van der Waals surface area contributed by atoms with Crippen LogP contribution in [-0.4, -0.2) is 13.6 Å². The van der Waals surface area contributed by atoms with Crippen molar-refractivity contribution in [1.82, 2.24) is 0 Å². The van der Waals surface area contributed by atoms with Crippen molar-refractivity contribution in [2.45, 2.75) is 26.2 Å². The molecule has 0 aliphatic heterocycles. The lowest BCUT2D eigenvalue weighted by atomic mass is 9.96. The second-order valence-electron chi connectivity index (χ2n) is 4.25. The van der Waals surface area contributed by atoms with Crippen molar-refractivity contribution in [3.63, 3.8) is 0 Å². The fourth-order valence-corrected chi connectivity index (χ4v) is 1.75. The number of fused-ring (bicyclic) bond motifs is 1. The lowest BCUT2D eigenvalue weighted by molar-refractivity contribution is -0.126. The zero-order valence-electron chi connectivity index (χ0n) is 11.2. The van der Waals surface area contributed by atoms with Crippen LogP contribution in [0.15, 0.2) is 42.5 Å². The first-order chi connectivity index (χ1) is 8.72. The quantitative estimate of drug-likeness (QED) is 0.758. The molecule has 0 aromatic heterocycles. The van der Waals surface area contributed by atoms with Crippen LogP contribution in [0.3, 0.4) is 0 Å². The van der Waals surface area contributed by atoms with E-state index >= 15 is 0 Å². The molecular weight excluding hydrogens is 224 g/mol. The number of ether oxygens (including phenoxy) is 1. The Morgan fingerprint density at radius 1 is 1.17 bits per heavy atom. The Bertz CT molecular complexity index is 491. The lowest BCUT2D eigenvalue weighted by Crippen LogP contribution is -1.90. The smallest absolute Gasteiger partial charge is 0.292 e. The Morgan fingerprint density at radius 3 is 2.33 bits per heavy atom. The van der Waals surface area contributed by atoms with Gasteiger partial charge in [0.05, 0.1) is 7.11 Å². The Balaban J connectivity index is 0.000000357. The van der Waals surface area contributed by atoms with Gasteiger partial charge in [0, 0.05) is 0 Å². The van der Waals surface area contributed by atoms with E-state index in [0.717, 1.165) is 0 Å². The predicted molar refractivity (Wildman–Crippen MR) is 75.7 cm³/mol. The first-order valence-electron chi connectivity index (χ1n) is 6.18. The van der Waals surface area contributed by atoms with Gasteiger partial charge < -0.3 is 4.74 Å². The van der Waals surface area contributed by atoms with E-state index < -0.39 is 0 Å². The van der Waals surface area contributed by atoms with Crippen molar-refractivity contribution in [3.8, 4) is 0 Å². The number of rotatable bonds is 3. The molecule has 0 amide bonds. The fourth-order valence-electron chi connectivity index (χ4n) is 1.75. The largest absolute Gasteiger partial charge is 0.471 e. The summed E-state index contributed by atoms with van der Waals surface area (Å²) in [5.74, 6) is 0.666. The van der Waals surface area contributed by atoms with Crippen molar-refractivity contribution in [1.29, 1.82) is 0 Å². The summed E-state index contributed by atoms with van der Waals surface area (Å²) in [5.41, 5.74) is 1.45. The maximum atomic E-state index is 8.95. The van der Waals surface area contributed by atoms with Crippen LogP contribution in [0.5, 0.6) is 0 Å². The normalized spacial score (nSPS) is 11.3. The van der Waals surface area contributed by atoms with Crippen molar-refractivity contribution in [2.75, 3.05) is 7.11 Å². The molecule has 96 valence electrons. The summed E-state index contributed by atoms with van der Waals surface area (Å²) in [6.45, 7) is 4.89. The average molecular weight is 244 g/mol. The van der Waals surface area contributed by atoms with Crippen LogP contribution in [0.4, 0.5) is 0 Å². The number of hydrogen-bond donors (Lipinski definition) is 0. The summed E-state index contributed by atoms with van der Waals surface area (Å²) in [5, 5.41) is 2.69. The highest BCUT2D eigenvalue weighted by atomic mass is 16.5. The van der Waals surface area contributed by atoms with Crippen LogP contribution in [-0.2, 0) is 9.53 Å². The zero-order chi connectivity index (χ0) is 13.4. The molecule has 0 fully saturated rings. The van der Waals surface area contributed by atoms with Gasteiger partial charge in [-0.2, -0.15) is 0 Å². The van der Waals surface area contributed by atoms with E-state index in [4.69, 9.17) is 4.79 Å². The Hall–Kier alpha value is -1.83.